The molecular formula is C18H17ClN4O4S. The SMILES string of the molecule is Cn1c(COc2ccccc2Cl)nnc1SCCOc1ccccc1[N+](=O)[O-]. The van der Waals surface area contributed by atoms with Crippen LogP contribution in [-0.4, -0.2) is 32.0 Å². The highest BCUT2D eigenvalue weighted by atomic mass is 35.5. The molecule has 0 radical (unpaired) electrons. The van der Waals surface area contributed by atoms with Crippen LogP contribution in [0.3, 0.4) is 0 Å². The number of hydrogen-bond donors (Lipinski definition) is 0. The third kappa shape index (κ3) is 4.93. The Morgan fingerprint density at radius 1 is 1.11 bits per heavy atom. The van der Waals surface area contributed by atoms with E-state index in [9.17, 15) is 10.1 Å². The molecule has 0 N–H and O–H groups in total. The molecule has 10 heteroatoms. The minimum atomic E-state index is -0.462. The maximum atomic E-state index is 11.0. The molecule has 3 rings (SSSR count). The van der Waals surface area contributed by atoms with Crippen molar-refractivity contribution in [3.05, 3.63) is 69.5 Å². The van der Waals surface area contributed by atoms with Crippen LogP contribution in [-0.2, 0) is 13.7 Å². The first-order valence-corrected chi connectivity index (χ1v) is 9.67. The van der Waals surface area contributed by atoms with E-state index in [-0.39, 0.29) is 18.0 Å². The predicted octanol–water partition coefficient (Wildman–Crippen LogP) is 4.13. The largest absolute Gasteiger partial charge is 0.486 e. The van der Waals surface area contributed by atoms with Crippen LogP contribution in [0.5, 0.6) is 11.5 Å². The number of benzene rings is 2. The highest BCUT2D eigenvalue weighted by Gasteiger charge is 2.14. The summed E-state index contributed by atoms with van der Waals surface area (Å²) in [6.07, 6.45) is 0. The molecule has 3 aromatic rings. The van der Waals surface area contributed by atoms with Gasteiger partial charge in [0.2, 0.25) is 0 Å². The lowest BCUT2D eigenvalue weighted by molar-refractivity contribution is -0.385. The summed E-state index contributed by atoms with van der Waals surface area (Å²) < 4.78 is 13.0. The van der Waals surface area contributed by atoms with Crippen LogP contribution in [0.25, 0.3) is 0 Å². The second-order valence-corrected chi connectivity index (χ2v) is 7.07. The standard InChI is InChI=1S/C18H17ClN4O4S/c1-22-17(12-27-15-8-4-2-6-13(15)19)20-21-18(22)28-11-10-26-16-9-5-3-7-14(16)23(24)25/h2-9H,10-12H2,1H3. The van der Waals surface area contributed by atoms with E-state index >= 15 is 0 Å². The summed E-state index contributed by atoms with van der Waals surface area (Å²) in [6.45, 7) is 0.536. The van der Waals surface area contributed by atoms with Gasteiger partial charge in [0.25, 0.3) is 0 Å². The summed E-state index contributed by atoms with van der Waals surface area (Å²) in [5.41, 5.74) is -0.0508. The van der Waals surface area contributed by atoms with Crippen LogP contribution in [0.4, 0.5) is 5.69 Å². The molecule has 0 aliphatic heterocycles. The van der Waals surface area contributed by atoms with Gasteiger partial charge in [0.1, 0.15) is 12.4 Å². The molecular weight excluding hydrogens is 404 g/mol. The molecule has 0 aliphatic carbocycles. The van der Waals surface area contributed by atoms with Crippen LogP contribution in [0.15, 0.2) is 53.7 Å². The molecule has 1 heterocycles. The van der Waals surface area contributed by atoms with E-state index in [0.29, 0.717) is 34.1 Å². The van der Waals surface area contributed by atoms with Gasteiger partial charge in [0.15, 0.2) is 16.7 Å². The molecule has 1 aromatic heterocycles. The zero-order valence-electron chi connectivity index (χ0n) is 14.9. The van der Waals surface area contributed by atoms with E-state index in [2.05, 4.69) is 10.2 Å². The molecule has 0 saturated carbocycles. The van der Waals surface area contributed by atoms with Crippen molar-refractivity contribution >= 4 is 29.1 Å². The molecule has 0 spiro atoms. The smallest absolute Gasteiger partial charge is 0.310 e. The number of halogens is 1. The Morgan fingerprint density at radius 3 is 2.57 bits per heavy atom. The van der Waals surface area contributed by atoms with Gasteiger partial charge in [-0.3, -0.25) is 10.1 Å². The minimum absolute atomic E-state index is 0.0508. The lowest BCUT2D eigenvalue weighted by Crippen LogP contribution is -2.06. The fourth-order valence-corrected chi connectivity index (χ4v) is 3.25. The highest BCUT2D eigenvalue weighted by molar-refractivity contribution is 7.99. The number of aromatic nitrogens is 3. The average molecular weight is 421 g/mol. The number of ether oxygens (including phenoxy) is 2. The number of nitro benzene ring substituents is 1. The predicted molar refractivity (Wildman–Crippen MR) is 106 cm³/mol. The van der Waals surface area contributed by atoms with Crippen LogP contribution in [0.2, 0.25) is 5.02 Å². The monoisotopic (exact) mass is 420 g/mol. The van der Waals surface area contributed by atoms with Gasteiger partial charge in [-0.15, -0.1) is 10.2 Å². The number of para-hydroxylation sites is 3. The number of thioether (sulfide) groups is 1. The van der Waals surface area contributed by atoms with Crippen LogP contribution in [0, 0.1) is 10.1 Å². The molecule has 0 fully saturated rings. The van der Waals surface area contributed by atoms with Crippen molar-refractivity contribution in [3.8, 4) is 11.5 Å². The quantitative estimate of drug-likeness (QED) is 0.222. The Bertz CT molecular complexity index is 966. The molecule has 0 aliphatic rings. The molecule has 0 saturated heterocycles. The van der Waals surface area contributed by atoms with Gasteiger partial charge < -0.3 is 14.0 Å². The Labute approximate surface area is 170 Å². The first kappa shape index (κ1) is 20.0. The molecule has 8 nitrogen and oxygen atoms in total. The zero-order valence-corrected chi connectivity index (χ0v) is 16.5. The summed E-state index contributed by atoms with van der Waals surface area (Å²) >= 11 is 7.51. The zero-order chi connectivity index (χ0) is 19.9. The lowest BCUT2D eigenvalue weighted by Gasteiger charge is -2.08. The molecule has 146 valence electrons. The van der Waals surface area contributed by atoms with E-state index in [4.69, 9.17) is 21.1 Å². The molecule has 28 heavy (non-hydrogen) atoms. The van der Waals surface area contributed by atoms with Gasteiger partial charge in [0.05, 0.1) is 16.6 Å². The Hall–Kier alpha value is -2.78. The Kier molecular flexibility index (Phi) is 6.72. The van der Waals surface area contributed by atoms with Crippen molar-refractivity contribution in [2.45, 2.75) is 11.8 Å². The Balaban J connectivity index is 1.51. The third-order valence-electron chi connectivity index (χ3n) is 3.75. The lowest BCUT2D eigenvalue weighted by atomic mass is 10.3. The first-order valence-electron chi connectivity index (χ1n) is 8.31. The third-order valence-corrected chi connectivity index (χ3v) is 5.05. The summed E-state index contributed by atoms with van der Waals surface area (Å²) in [5, 5.41) is 20.5. The van der Waals surface area contributed by atoms with Crippen molar-refractivity contribution in [1.29, 1.82) is 0 Å². The van der Waals surface area contributed by atoms with E-state index in [1.807, 2.05) is 23.7 Å². The fraction of sp³-hybridized carbons (Fsp3) is 0.222. The van der Waals surface area contributed by atoms with Crippen LogP contribution >= 0.6 is 23.4 Å². The maximum Gasteiger partial charge on any atom is 0.310 e. The van der Waals surface area contributed by atoms with Crippen molar-refractivity contribution in [1.82, 2.24) is 14.8 Å². The maximum absolute atomic E-state index is 11.0. The number of nitro groups is 1. The van der Waals surface area contributed by atoms with Crippen molar-refractivity contribution < 1.29 is 14.4 Å². The van der Waals surface area contributed by atoms with Gasteiger partial charge in [0, 0.05) is 18.9 Å². The van der Waals surface area contributed by atoms with Crippen LogP contribution < -0.4 is 9.47 Å². The summed E-state index contributed by atoms with van der Waals surface area (Å²) in [7, 11) is 1.84. The van der Waals surface area contributed by atoms with Gasteiger partial charge in [-0.25, -0.2) is 0 Å². The van der Waals surface area contributed by atoms with E-state index in [1.54, 1.807) is 30.3 Å². The van der Waals surface area contributed by atoms with Gasteiger partial charge in [-0.2, -0.15) is 0 Å². The summed E-state index contributed by atoms with van der Waals surface area (Å²) in [6, 6.07) is 13.5. The fourth-order valence-electron chi connectivity index (χ4n) is 2.32. The van der Waals surface area contributed by atoms with E-state index in [0.717, 1.165) is 0 Å². The van der Waals surface area contributed by atoms with Crippen molar-refractivity contribution in [3.63, 3.8) is 0 Å². The second kappa shape index (κ2) is 9.43. The molecule has 2 aromatic carbocycles. The highest BCUT2D eigenvalue weighted by Crippen LogP contribution is 2.27. The Morgan fingerprint density at radius 2 is 1.82 bits per heavy atom. The normalized spacial score (nSPS) is 10.6. The van der Waals surface area contributed by atoms with Gasteiger partial charge in [-0.05, 0) is 18.2 Å². The van der Waals surface area contributed by atoms with Crippen molar-refractivity contribution in [2.24, 2.45) is 7.05 Å². The number of rotatable bonds is 9. The van der Waals surface area contributed by atoms with Crippen molar-refractivity contribution in [2.75, 3.05) is 12.4 Å². The summed E-state index contributed by atoms with van der Waals surface area (Å²) in [4.78, 5) is 10.5. The second-order valence-electron chi connectivity index (χ2n) is 5.60. The topological polar surface area (TPSA) is 92.3 Å². The molecule has 0 bridgehead atoms. The molecule has 0 atom stereocenters. The van der Waals surface area contributed by atoms with Gasteiger partial charge in [-0.1, -0.05) is 47.6 Å². The number of hydrogen-bond acceptors (Lipinski definition) is 7. The van der Waals surface area contributed by atoms with E-state index < -0.39 is 4.92 Å². The average Bonchev–Trinajstić information content (AvgIpc) is 3.04. The molecule has 0 unspecified atom stereocenters. The van der Waals surface area contributed by atoms with Gasteiger partial charge >= 0.3 is 5.69 Å². The number of nitrogens with zero attached hydrogens (tertiary/aromatic N) is 4. The minimum Gasteiger partial charge on any atom is -0.486 e. The summed E-state index contributed by atoms with van der Waals surface area (Å²) in [5.74, 6) is 2.05. The van der Waals surface area contributed by atoms with Crippen LogP contribution in [0.1, 0.15) is 5.82 Å². The molecule has 0 amide bonds. The first-order chi connectivity index (χ1) is 13.6. The van der Waals surface area contributed by atoms with E-state index in [1.165, 1.54) is 17.8 Å².